The monoisotopic (exact) mass is 252 g/mol. The number of rotatable bonds is 1. The van der Waals surface area contributed by atoms with Gasteiger partial charge < -0.3 is 4.98 Å². The number of nitrogens with zero attached hydrogens (tertiary/aromatic N) is 1. The number of aromatic nitrogens is 2. The smallest absolute Gasteiger partial charge is 0.258 e. The third kappa shape index (κ3) is 8.50. The summed E-state index contributed by atoms with van der Waals surface area (Å²) in [5.41, 5.74) is -0.141. The first-order valence-corrected chi connectivity index (χ1v) is 6.62. The van der Waals surface area contributed by atoms with Gasteiger partial charge in [0.15, 0.2) is 0 Å². The van der Waals surface area contributed by atoms with Crippen LogP contribution in [0.25, 0.3) is 12.2 Å². The molecule has 0 bridgehead atoms. The van der Waals surface area contributed by atoms with Crippen LogP contribution in [-0.4, -0.2) is 9.97 Å². The number of aromatic amines is 1. The molecule has 0 fully saturated rings. The van der Waals surface area contributed by atoms with Crippen LogP contribution >= 0.6 is 0 Å². The van der Waals surface area contributed by atoms with Crippen molar-refractivity contribution in [3.63, 3.8) is 0 Å². The SMILES string of the molecule is C=C/C=c1/c(=O)[nH]cn/c1=C/C.CC.CC.CC. The van der Waals surface area contributed by atoms with Crippen LogP contribution in [-0.2, 0) is 0 Å². The summed E-state index contributed by atoms with van der Waals surface area (Å²) in [6.45, 7) is 17.4. The van der Waals surface area contributed by atoms with Gasteiger partial charge in [-0.2, -0.15) is 0 Å². The summed E-state index contributed by atoms with van der Waals surface area (Å²) in [5, 5.41) is 1.23. The Morgan fingerprint density at radius 3 is 2.06 bits per heavy atom. The van der Waals surface area contributed by atoms with Gasteiger partial charge in [0.25, 0.3) is 5.56 Å². The first-order chi connectivity index (χ1) is 8.79. The highest BCUT2D eigenvalue weighted by Gasteiger charge is 1.88. The van der Waals surface area contributed by atoms with Gasteiger partial charge in [-0.05, 0) is 13.0 Å². The van der Waals surface area contributed by atoms with E-state index in [-0.39, 0.29) is 5.56 Å². The molecule has 1 aromatic rings. The Balaban J connectivity index is -0.000000328. The van der Waals surface area contributed by atoms with Gasteiger partial charge in [-0.1, -0.05) is 60.3 Å². The number of nitrogens with one attached hydrogen (secondary N) is 1. The quantitative estimate of drug-likeness (QED) is 0.835. The standard InChI is InChI=1S/C9H10N2O.3C2H6/c1-3-5-7-8(4-2)10-6-11-9(7)12;3*1-2/h3-6H,1H2,2H3,(H,10,11,12);3*1-2H3/b7-5+,8-4+;;;. The maximum Gasteiger partial charge on any atom is 0.258 e. The molecule has 1 N–H and O–H groups in total. The third-order valence-corrected chi connectivity index (χ3v) is 1.48. The molecule has 1 rings (SSSR count). The molecular weight excluding hydrogens is 224 g/mol. The normalized spacial score (nSPS) is 9.94. The molecule has 0 amide bonds. The molecule has 0 atom stereocenters. The van der Waals surface area contributed by atoms with Crippen LogP contribution in [0.2, 0.25) is 0 Å². The van der Waals surface area contributed by atoms with Gasteiger partial charge in [-0.25, -0.2) is 4.98 Å². The van der Waals surface area contributed by atoms with E-state index in [1.165, 1.54) is 6.33 Å². The van der Waals surface area contributed by atoms with Crippen LogP contribution in [0.15, 0.2) is 23.8 Å². The van der Waals surface area contributed by atoms with Crippen LogP contribution in [0.4, 0.5) is 0 Å². The Kier molecular flexibility index (Phi) is 21.3. The van der Waals surface area contributed by atoms with Gasteiger partial charge in [0.2, 0.25) is 0 Å². The van der Waals surface area contributed by atoms with E-state index >= 15 is 0 Å². The fourth-order valence-electron chi connectivity index (χ4n) is 0.933. The molecule has 3 heteroatoms. The highest BCUT2D eigenvalue weighted by atomic mass is 16.1. The van der Waals surface area contributed by atoms with Gasteiger partial charge in [0.1, 0.15) is 0 Å². The van der Waals surface area contributed by atoms with Gasteiger partial charge >= 0.3 is 0 Å². The second-order valence-electron chi connectivity index (χ2n) is 2.22. The lowest BCUT2D eigenvalue weighted by atomic mass is 10.3. The predicted molar refractivity (Wildman–Crippen MR) is 83.0 cm³/mol. The molecule has 0 saturated heterocycles. The van der Waals surface area contributed by atoms with E-state index in [0.29, 0.717) is 10.6 Å². The molecule has 1 heterocycles. The molecule has 18 heavy (non-hydrogen) atoms. The first kappa shape index (κ1) is 21.6. The Morgan fingerprint density at radius 2 is 1.67 bits per heavy atom. The van der Waals surface area contributed by atoms with Crippen molar-refractivity contribution in [3.8, 4) is 0 Å². The van der Waals surface area contributed by atoms with E-state index in [1.807, 2.05) is 48.5 Å². The van der Waals surface area contributed by atoms with E-state index in [9.17, 15) is 4.79 Å². The molecule has 0 saturated carbocycles. The average Bonchev–Trinajstić information content (AvgIpc) is 2.48. The van der Waals surface area contributed by atoms with E-state index in [2.05, 4.69) is 16.5 Å². The molecule has 0 aliphatic heterocycles. The maximum absolute atomic E-state index is 11.2. The lowest BCUT2D eigenvalue weighted by Crippen LogP contribution is -2.42. The van der Waals surface area contributed by atoms with Gasteiger partial charge in [-0.3, -0.25) is 4.79 Å². The van der Waals surface area contributed by atoms with Crippen molar-refractivity contribution in [2.45, 2.75) is 48.5 Å². The Morgan fingerprint density at radius 1 is 1.17 bits per heavy atom. The highest BCUT2D eigenvalue weighted by molar-refractivity contribution is 5.35. The summed E-state index contributed by atoms with van der Waals surface area (Å²) in [6.07, 6.45) is 6.38. The van der Waals surface area contributed by atoms with Crippen LogP contribution < -0.4 is 16.1 Å². The van der Waals surface area contributed by atoms with Crippen molar-refractivity contribution >= 4 is 12.2 Å². The summed E-state index contributed by atoms with van der Waals surface area (Å²) in [6, 6.07) is 0. The maximum atomic E-state index is 11.2. The zero-order valence-corrected chi connectivity index (χ0v) is 12.9. The number of allylic oxidation sites excluding steroid dienone is 1. The molecule has 0 unspecified atom stereocenters. The second kappa shape index (κ2) is 17.7. The topological polar surface area (TPSA) is 45.8 Å². The van der Waals surface area contributed by atoms with Crippen LogP contribution in [0, 0.1) is 0 Å². The highest BCUT2D eigenvalue weighted by Crippen LogP contribution is 1.60. The van der Waals surface area contributed by atoms with E-state index in [4.69, 9.17) is 0 Å². The van der Waals surface area contributed by atoms with E-state index in [1.54, 1.807) is 18.2 Å². The minimum absolute atomic E-state index is 0.141. The number of hydrogen-bond acceptors (Lipinski definition) is 2. The first-order valence-electron chi connectivity index (χ1n) is 6.62. The van der Waals surface area contributed by atoms with Crippen molar-refractivity contribution in [2.75, 3.05) is 0 Å². The minimum atomic E-state index is -0.141. The summed E-state index contributed by atoms with van der Waals surface area (Å²) in [4.78, 5) is 17.7. The van der Waals surface area contributed by atoms with Crippen molar-refractivity contribution < 1.29 is 0 Å². The van der Waals surface area contributed by atoms with Crippen molar-refractivity contribution in [2.24, 2.45) is 0 Å². The number of H-pyrrole nitrogens is 1. The predicted octanol–water partition coefficient (Wildman–Crippen LogP) is 2.62. The van der Waals surface area contributed by atoms with Crippen molar-refractivity contribution in [1.82, 2.24) is 9.97 Å². The minimum Gasteiger partial charge on any atom is -0.313 e. The van der Waals surface area contributed by atoms with E-state index in [0.717, 1.165) is 0 Å². The van der Waals surface area contributed by atoms with Crippen molar-refractivity contribution in [1.29, 1.82) is 0 Å². The number of hydrogen-bond donors (Lipinski definition) is 1. The van der Waals surface area contributed by atoms with Gasteiger partial charge in [-0.15, -0.1) is 0 Å². The summed E-state index contributed by atoms with van der Waals surface area (Å²) < 4.78 is 0. The third-order valence-electron chi connectivity index (χ3n) is 1.48. The largest absolute Gasteiger partial charge is 0.313 e. The van der Waals surface area contributed by atoms with Crippen LogP contribution in [0.3, 0.4) is 0 Å². The zero-order valence-electron chi connectivity index (χ0n) is 12.9. The molecule has 0 radical (unpaired) electrons. The molecule has 104 valence electrons. The average molecular weight is 252 g/mol. The Hall–Kier alpha value is -1.64. The zero-order chi connectivity index (χ0) is 15.0. The second-order valence-corrected chi connectivity index (χ2v) is 2.22. The summed E-state index contributed by atoms with van der Waals surface area (Å²) >= 11 is 0. The fraction of sp³-hybridized carbons (Fsp3) is 0.467. The van der Waals surface area contributed by atoms with E-state index < -0.39 is 0 Å². The fourth-order valence-corrected chi connectivity index (χ4v) is 0.933. The lowest BCUT2D eigenvalue weighted by molar-refractivity contribution is 1.05. The van der Waals surface area contributed by atoms with Crippen LogP contribution in [0.5, 0.6) is 0 Å². The van der Waals surface area contributed by atoms with Crippen LogP contribution in [0.1, 0.15) is 48.5 Å². The lowest BCUT2D eigenvalue weighted by Gasteiger charge is -1.85. The van der Waals surface area contributed by atoms with Gasteiger partial charge in [0, 0.05) is 0 Å². The Bertz CT molecular complexity index is 444. The summed E-state index contributed by atoms with van der Waals surface area (Å²) in [5.74, 6) is 0. The Labute approximate surface area is 111 Å². The van der Waals surface area contributed by atoms with Crippen molar-refractivity contribution in [3.05, 3.63) is 39.9 Å². The summed E-state index contributed by atoms with van der Waals surface area (Å²) in [7, 11) is 0. The molecule has 0 aliphatic carbocycles. The molecule has 1 aromatic heterocycles. The molecule has 0 aromatic carbocycles. The van der Waals surface area contributed by atoms with Gasteiger partial charge in [0.05, 0.1) is 16.9 Å². The molecule has 0 spiro atoms. The molecule has 0 aliphatic rings. The molecular formula is C15H28N2O. The molecule has 3 nitrogen and oxygen atoms in total.